The van der Waals surface area contributed by atoms with Crippen LogP contribution in [-0.4, -0.2) is 32.7 Å². The van der Waals surface area contributed by atoms with E-state index in [1.54, 1.807) is 7.11 Å². The Kier molecular flexibility index (Phi) is 9.37. The zero-order valence-corrected chi connectivity index (χ0v) is 8.67. The van der Waals surface area contributed by atoms with Crippen LogP contribution < -0.4 is 0 Å². The van der Waals surface area contributed by atoms with E-state index in [1.807, 2.05) is 0 Å². The molecule has 0 aromatic rings. The average molecular weight is 188 g/mol. The lowest BCUT2D eigenvalue weighted by molar-refractivity contribution is -0.124. The van der Waals surface area contributed by atoms with E-state index in [4.69, 9.17) is 9.47 Å². The van der Waals surface area contributed by atoms with Crippen LogP contribution in [0, 0.1) is 0 Å². The lowest BCUT2D eigenvalue weighted by atomic mass is 10.1. The minimum absolute atomic E-state index is 0.199. The van der Waals surface area contributed by atoms with Gasteiger partial charge in [-0.2, -0.15) is 0 Å². The fraction of sp³-hybridized carbons (Fsp3) is 0.900. The third-order valence-corrected chi connectivity index (χ3v) is 1.75. The minimum Gasteiger partial charge on any atom is -0.382 e. The van der Waals surface area contributed by atoms with Crippen LogP contribution in [0.25, 0.3) is 0 Å². The summed E-state index contributed by atoms with van der Waals surface area (Å²) in [7, 11) is 1.62. The summed E-state index contributed by atoms with van der Waals surface area (Å²) in [5.74, 6) is 0.199. The molecule has 3 heteroatoms. The number of hydrogen-bond donors (Lipinski definition) is 0. The molecule has 0 unspecified atom stereocenters. The smallest absolute Gasteiger partial charge is 0.158 e. The number of rotatable bonds is 9. The second-order valence-corrected chi connectivity index (χ2v) is 3.04. The van der Waals surface area contributed by atoms with Gasteiger partial charge in [0.15, 0.2) is 5.78 Å². The molecule has 0 atom stereocenters. The molecule has 0 amide bonds. The van der Waals surface area contributed by atoms with Gasteiger partial charge in [-0.3, -0.25) is 4.79 Å². The Morgan fingerprint density at radius 3 is 2.62 bits per heavy atom. The molecule has 0 fully saturated rings. The molecular weight excluding hydrogens is 168 g/mol. The third-order valence-electron chi connectivity index (χ3n) is 1.75. The van der Waals surface area contributed by atoms with E-state index in [-0.39, 0.29) is 12.4 Å². The molecule has 13 heavy (non-hydrogen) atoms. The molecule has 0 N–H and O–H groups in total. The molecule has 0 saturated heterocycles. The summed E-state index contributed by atoms with van der Waals surface area (Å²) >= 11 is 0. The van der Waals surface area contributed by atoms with Crippen LogP contribution in [0.15, 0.2) is 0 Å². The fourth-order valence-electron chi connectivity index (χ4n) is 0.973. The van der Waals surface area contributed by atoms with Crippen molar-refractivity contribution < 1.29 is 14.3 Å². The number of carbonyl (C=O) groups excluding carboxylic acids is 1. The molecule has 0 bridgehead atoms. The van der Waals surface area contributed by atoms with Gasteiger partial charge in [0.2, 0.25) is 0 Å². The van der Waals surface area contributed by atoms with Crippen molar-refractivity contribution in [3.05, 3.63) is 0 Å². The summed E-state index contributed by atoms with van der Waals surface area (Å²) in [6.45, 7) is 3.44. The van der Waals surface area contributed by atoms with E-state index in [0.29, 0.717) is 19.6 Å². The van der Waals surface area contributed by atoms with Gasteiger partial charge in [0.1, 0.15) is 6.61 Å². The fourth-order valence-corrected chi connectivity index (χ4v) is 0.973. The van der Waals surface area contributed by atoms with Crippen LogP contribution in [0.4, 0.5) is 0 Å². The van der Waals surface area contributed by atoms with Crippen molar-refractivity contribution in [2.75, 3.05) is 26.9 Å². The predicted octanol–water partition coefficient (Wildman–Crippen LogP) is 1.80. The molecule has 0 rings (SSSR count). The van der Waals surface area contributed by atoms with E-state index in [9.17, 15) is 4.79 Å². The number of hydrogen-bond acceptors (Lipinski definition) is 3. The number of carbonyl (C=O) groups is 1. The van der Waals surface area contributed by atoms with Crippen LogP contribution in [0.1, 0.15) is 32.6 Å². The summed E-state index contributed by atoms with van der Waals surface area (Å²) in [5, 5.41) is 0. The minimum atomic E-state index is 0.199. The number of ether oxygens (including phenoxy) is 2. The quantitative estimate of drug-likeness (QED) is 0.517. The van der Waals surface area contributed by atoms with Gasteiger partial charge >= 0.3 is 0 Å². The van der Waals surface area contributed by atoms with Crippen LogP contribution in [0.2, 0.25) is 0 Å². The van der Waals surface area contributed by atoms with Crippen molar-refractivity contribution in [3.8, 4) is 0 Å². The second kappa shape index (κ2) is 9.68. The Morgan fingerprint density at radius 2 is 2.00 bits per heavy atom. The molecule has 0 aromatic heterocycles. The van der Waals surface area contributed by atoms with Gasteiger partial charge in [0.25, 0.3) is 0 Å². The molecule has 0 radical (unpaired) electrons. The maximum absolute atomic E-state index is 11.1. The Labute approximate surface area is 80.4 Å². The second-order valence-electron chi connectivity index (χ2n) is 3.04. The number of Topliss-reactive ketones (excluding diaryl/α,β-unsaturated/α-hetero) is 1. The first-order chi connectivity index (χ1) is 6.31. The van der Waals surface area contributed by atoms with Crippen LogP contribution in [0.3, 0.4) is 0 Å². The van der Waals surface area contributed by atoms with E-state index in [1.165, 1.54) is 0 Å². The third kappa shape index (κ3) is 9.50. The van der Waals surface area contributed by atoms with E-state index in [2.05, 4.69) is 6.92 Å². The molecule has 0 saturated carbocycles. The highest BCUT2D eigenvalue weighted by molar-refractivity contribution is 5.79. The summed E-state index contributed by atoms with van der Waals surface area (Å²) < 4.78 is 9.88. The summed E-state index contributed by atoms with van der Waals surface area (Å²) in [6, 6.07) is 0. The standard InChI is InChI=1S/C10H20O3/c1-3-4-5-6-10(11)9-13-8-7-12-2/h3-9H2,1-2H3. The lowest BCUT2D eigenvalue weighted by Gasteiger charge is -2.02. The van der Waals surface area contributed by atoms with Crippen molar-refractivity contribution in [1.82, 2.24) is 0 Å². The molecule has 0 spiro atoms. The molecular formula is C10H20O3. The van der Waals surface area contributed by atoms with Gasteiger partial charge < -0.3 is 9.47 Å². The van der Waals surface area contributed by atoms with Crippen molar-refractivity contribution >= 4 is 5.78 Å². The zero-order chi connectivity index (χ0) is 9.94. The SMILES string of the molecule is CCCCCC(=O)COCCOC. The lowest BCUT2D eigenvalue weighted by Crippen LogP contribution is -2.11. The largest absolute Gasteiger partial charge is 0.382 e. The van der Waals surface area contributed by atoms with E-state index in [0.717, 1.165) is 19.3 Å². The highest BCUT2D eigenvalue weighted by atomic mass is 16.5. The van der Waals surface area contributed by atoms with Crippen LogP contribution >= 0.6 is 0 Å². The molecule has 0 heterocycles. The molecule has 0 aliphatic carbocycles. The molecule has 78 valence electrons. The van der Waals surface area contributed by atoms with Crippen molar-refractivity contribution in [1.29, 1.82) is 0 Å². The summed E-state index contributed by atoms with van der Waals surface area (Å²) in [4.78, 5) is 11.1. The Morgan fingerprint density at radius 1 is 1.23 bits per heavy atom. The van der Waals surface area contributed by atoms with Gasteiger partial charge in [-0.1, -0.05) is 19.8 Å². The number of methoxy groups -OCH3 is 1. The Balaban J connectivity index is 3.11. The number of ketones is 1. The van der Waals surface area contributed by atoms with Crippen molar-refractivity contribution in [3.63, 3.8) is 0 Å². The highest BCUT2D eigenvalue weighted by Gasteiger charge is 2.00. The maximum Gasteiger partial charge on any atom is 0.158 e. The van der Waals surface area contributed by atoms with Gasteiger partial charge in [0, 0.05) is 13.5 Å². The Bertz CT molecular complexity index is 123. The van der Waals surface area contributed by atoms with Crippen molar-refractivity contribution in [2.24, 2.45) is 0 Å². The predicted molar refractivity (Wildman–Crippen MR) is 51.8 cm³/mol. The monoisotopic (exact) mass is 188 g/mol. The first-order valence-corrected chi connectivity index (χ1v) is 4.89. The van der Waals surface area contributed by atoms with E-state index < -0.39 is 0 Å². The molecule has 0 aromatic carbocycles. The maximum atomic E-state index is 11.1. The van der Waals surface area contributed by atoms with Gasteiger partial charge in [-0.25, -0.2) is 0 Å². The van der Waals surface area contributed by atoms with Crippen molar-refractivity contribution in [2.45, 2.75) is 32.6 Å². The first kappa shape index (κ1) is 12.6. The topological polar surface area (TPSA) is 35.5 Å². The zero-order valence-electron chi connectivity index (χ0n) is 8.67. The molecule has 0 aliphatic heterocycles. The van der Waals surface area contributed by atoms with E-state index >= 15 is 0 Å². The van der Waals surface area contributed by atoms with Crippen LogP contribution in [0.5, 0.6) is 0 Å². The summed E-state index contributed by atoms with van der Waals surface area (Å²) in [5.41, 5.74) is 0. The number of unbranched alkanes of at least 4 members (excludes halogenated alkanes) is 2. The van der Waals surface area contributed by atoms with Gasteiger partial charge in [-0.05, 0) is 6.42 Å². The van der Waals surface area contributed by atoms with Gasteiger partial charge in [-0.15, -0.1) is 0 Å². The molecule has 0 aliphatic rings. The molecule has 3 nitrogen and oxygen atoms in total. The average Bonchev–Trinajstić information content (AvgIpc) is 2.13. The Hall–Kier alpha value is -0.410. The normalized spacial score (nSPS) is 10.3. The van der Waals surface area contributed by atoms with Crippen LogP contribution in [-0.2, 0) is 14.3 Å². The van der Waals surface area contributed by atoms with Gasteiger partial charge in [0.05, 0.1) is 13.2 Å². The summed E-state index contributed by atoms with van der Waals surface area (Å²) in [6.07, 6.45) is 3.92. The highest BCUT2D eigenvalue weighted by Crippen LogP contribution is 1.99. The first-order valence-electron chi connectivity index (χ1n) is 4.89.